The van der Waals surface area contributed by atoms with Crippen LogP contribution in [-0.2, 0) is 4.79 Å². The monoisotopic (exact) mass is 359 g/mol. The Bertz CT molecular complexity index is 565. The van der Waals surface area contributed by atoms with Crippen LogP contribution in [-0.4, -0.2) is 16.1 Å². The number of rotatable bonds is 3. The molecule has 0 aliphatic heterocycles. The molecule has 0 fully saturated rings. The molecule has 2 rings (SSSR count). The van der Waals surface area contributed by atoms with Gasteiger partial charge >= 0.3 is 0 Å². The molecule has 4 nitrogen and oxygen atoms in total. The summed E-state index contributed by atoms with van der Waals surface area (Å²) in [4.78, 5) is 11.5. The topological polar surface area (TPSA) is 57.8 Å². The lowest BCUT2D eigenvalue weighted by molar-refractivity contribution is -0.116. The van der Waals surface area contributed by atoms with Gasteiger partial charge in [-0.2, -0.15) is 5.10 Å². The van der Waals surface area contributed by atoms with Crippen molar-refractivity contribution in [3.63, 3.8) is 0 Å². The minimum atomic E-state index is -0.0139. The first kappa shape index (κ1) is 12.6. The minimum Gasteiger partial charge on any atom is -0.309 e. The van der Waals surface area contributed by atoms with Gasteiger partial charge in [-0.15, -0.1) is 0 Å². The quantitative estimate of drug-likeness (QED) is 0.873. The Morgan fingerprint density at radius 3 is 2.82 bits per heavy atom. The van der Waals surface area contributed by atoms with Gasteiger partial charge in [0.2, 0.25) is 5.91 Å². The van der Waals surface area contributed by atoms with Gasteiger partial charge in [-0.05, 0) is 50.4 Å². The van der Waals surface area contributed by atoms with Crippen molar-refractivity contribution >= 4 is 54.5 Å². The van der Waals surface area contributed by atoms with Gasteiger partial charge < -0.3 is 5.32 Å². The molecule has 0 aliphatic rings. The Kier molecular flexibility index (Phi) is 3.83. The van der Waals surface area contributed by atoms with Crippen LogP contribution in [0.25, 0.3) is 10.9 Å². The van der Waals surface area contributed by atoms with E-state index in [4.69, 9.17) is 0 Å². The van der Waals surface area contributed by atoms with Crippen LogP contribution in [0.4, 0.5) is 5.82 Å². The summed E-state index contributed by atoms with van der Waals surface area (Å²) in [5.74, 6) is 0.562. The summed E-state index contributed by atoms with van der Waals surface area (Å²) in [5, 5.41) is 10.7. The molecule has 1 heterocycles. The molecule has 90 valence electrons. The van der Waals surface area contributed by atoms with E-state index in [1.165, 1.54) is 0 Å². The highest BCUT2D eigenvalue weighted by Crippen LogP contribution is 2.30. The maximum absolute atomic E-state index is 11.5. The first-order chi connectivity index (χ1) is 8.11. The smallest absolute Gasteiger partial charge is 0.225 e. The van der Waals surface area contributed by atoms with Crippen LogP contribution in [0.5, 0.6) is 0 Å². The van der Waals surface area contributed by atoms with Gasteiger partial charge in [0.15, 0.2) is 5.82 Å². The van der Waals surface area contributed by atoms with Crippen molar-refractivity contribution in [3.8, 4) is 0 Å². The molecule has 0 saturated heterocycles. The first-order valence-electron chi connectivity index (χ1n) is 5.24. The minimum absolute atomic E-state index is 0.0139. The lowest BCUT2D eigenvalue weighted by Crippen LogP contribution is -2.11. The molecule has 0 spiro atoms. The normalized spacial score (nSPS) is 10.8. The van der Waals surface area contributed by atoms with Gasteiger partial charge in [-0.25, -0.2) is 0 Å². The fourth-order valence-electron chi connectivity index (χ4n) is 1.53. The maximum atomic E-state index is 11.5. The van der Waals surface area contributed by atoms with E-state index in [1.54, 1.807) is 0 Å². The summed E-state index contributed by atoms with van der Waals surface area (Å²) < 4.78 is 1.87. The van der Waals surface area contributed by atoms with Crippen molar-refractivity contribution in [2.75, 3.05) is 5.32 Å². The molecule has 2 N–H and O–H groups in total. The number of aromatic amines is 1. The lowest BCUT2D eigenvalue weighted by Gasteiger charge is -2.01. The number of aromatic nitrogens is 2. The number of amides is 1. The van der Waals surface area contributed by atoms with E-state index in [0.717, 1.165) is 26.3 Å². The summed E-state index contributed by atoms with van der Waals surface area (Å²) in [7, 11) is 0. The number of halogens is 2. The second kappa shape index (κ2) is 5.18. The number of carbonyl (C=O) groups is 1. The summed E-state index contributed by atoms with van der Waals surface area (Å²) in [6.45, 7) is 1.97. The number of hydrogen-bond donors (Lipinski definition) is 2. The number of nitrogens with one attached hydrogen (secondary N) is 2. The summed E-state index contributed by atoms with van der Waals surface area (Å²) in [6.07, 6.45) is 1.33. The highest BCUT2D eigenvalue weighted by molar-refractivity contribution is 9.13. The Morgan fingerprint density at radius 2 is 2.12 bits per heavy atom. The third-order valence-corrected chi connectivity index (χ3v) is 4.18. The zero-order chi connectivity index (χ0) is 12.4. The molecule has 0 atom stereocenters. The van der Waals surface area contributed by atoms with Crippen LogP contribution in [0.2, 0.25) is 0 Å². The summed E-state index contributed by atoms with van der Waals surface area (Å²) in [6, 6.07) is 3.84. The predicted octanol–water partition coefficient (Wildman–Crippen LogP) is 3.83. The molecule has 2 aromatic rings. The molecule has 1 aromatic heterocycles. The van der Waals surface area contributed by atoms with Crippen molar-refractivity contribution in [1.29, 1.82) is 0 Å². The lowest BCUT2D eigenvalue weighted by atomic mass is 10.2. The van der Waals surface area contributed by atoms with Crippen LogP contribution in [0, 0.1) is 0 Å². The Morgan fingerprint density at radius 1 is 1.41 bits per heavy atom. The van der Waals surface area contributed by atoms with Crippen molar-refractivity contribution in [2.24, 2.45) is 0 Å². The van der Waals surface area contributed by atoms with Crippen LogP contribution < -0.4 is 5.32 Å². The number of benzene rings is 1. The van der Waals surface area contributed by atoms with Gasteiger partial charge in [0.25, 0.3) is 0 Å². The van der Waals surface area contributed by atoms with E-state index in [2.05, 4.69) is 47.4 Å². The van der Waals surface area contributed by atoms with Crippen LogP contribution >= 0.6 is 31.9 Å². The van der Waals surface area contributed by atoms with Gasteiger partial charge in [0.05, 0.1) is 5.52 Å². The SMILES string of the molecule is CCCC(=O)Nc1n[nH]c2cc(Br)c(Br)cc12. The van der Waals surface area contributed by atoms with Crippen LogP contribution in [0.3, 0.4) is 0 Å². The number of fused-ring (bicyclic) bond motifs is 1. The Balaban J connectivity index is 2.36. The second-order valence-corrected chi connectivity index (χ2v) is 5.39. The average molecular weight is 361 g/mol. The summed E-state index contributed by atoms with van der Waals surface area (Å²) in [5.41, 5.74) is 0.881. The number of carbonyl (C=O) groups excluding carboxylic acids is 1. The molecule has 6 heteroatoms. The molecular weight excluding hydrogens is 350 g/mol. The largest absolute Gasteiger partial charge is 0.309 e. The fraction of sp³-hybridized carbons (Fsp3) is 0.273. The molecular formula is C11H11Br2N3O. The number of anilines is 1. The molecule has 0 aliphatic carbocycles. The van der Waals surface area contributed by atoms with E-state index in [9.17, 15) is 4.79 Å². The van der Waals surface area contributed by atoms with Gasteiger partial charge in [-0.1, -0.05) is 6.92 Å². The van der Waals surface area contributed by atoms with Crippen LogP contribution in [0.15, 0.2) is 21.1 Å². The van der Waals surface area contributed by atoms with Gasteiger partial charge in [0.1, 0.15) is 0 Å². The standard InChI is InChI=1S/C11H11Br2N3O/c1-2-3-10(17)14-11-6-4-7(12)8(13)5-9(6)15-16-11/h4-5H,2-3H2,1H3,(H2,14,15,16,17). The van der Waals surface area contributed by atoms with E-state index in [0.29, 0.717) is 12.2 Å². The van der Waals surface area contributed by atoms with E-state index < -0.39 is 0 Å². The average Bonchev–Trinajstić information content (AvgIpc) is 2.63. The molecule has 0 unspecified atom stereocenters. The Labute approximate surface area is 115 Å². The number of nitrogens with zero attached hydrogens (tertiary/aromatic N) is 1. The third-order valence-electron chi connectivity index (χ3n) is 2.34. The first-order valence-corrected chi connectivity index (χ1v) is 6.83. The molecule has 0 saturated carbocycles. The number of H-pyrrole nitrogens is 1. The zero-order valence-electron chi connectivity index (χ0n) is 9.18. The molecule has 1 amide bonds. The third kappa shape index (κ3) is 2.69. The van der Waals surface area contributed by atoms with Crippen LogP contribution in [0.1, 0.15) is 19.8 Å². The van der Waals surface area contributed by atoms with Crippen molar-refractivity contribution < 1.29 is 4.79 Å². The Hall–Kier alpha value is -0.880. The second-order valence-electron chi connectivity index (χ2n) is 3.68. The molecule has 17 heavy (non-hydrogen) atoms. The highest BCUT2D eigenvalue weighted by atomic mass is 79.9. The van der Waals surface area contributed by atoms with Crippen molar-refractivity contribution in [3.05, 3.63) is 21.1 Å². The zero-order valence-corrected chi connectivity index (χ0v) is 12.4. The van der Waals surface area contributed by atoms with E-state index >= 15 is 0 Å². The number of hydrogen-bond acceptors (Lipinski definition) is 2. The van der Waals surface area contributed by atoms with Crippen molar-refractivity contribution in [1.82, 2.24) is 10.2 Å². The fourth-order valence-corrected chi connectivity index (χ4v) is 2.22. The van der Waals surface area contributed by atoms with Gasteiger partial charge in [0, 0.05) is 20.8 Å². The molecule has 0 bridgehead atoms. The van der Waals surface area contributed by atoms with E-state index in [1.807, 2.05) is 19.1 Å². The predicted molar refractivity (Wildman–Crippen MR) is 75.0 cm³/mol. The summed E-state index contributed by atoms with van der Waals surface area (Å²) >= 11 is 6.85. The molecule has 0 radical (unpaired) electrons. The maximum Gasteiger partial charge on any atom is 0.225 e. The van der Waals surface area contributed by atoms with Crippen molar-refractivity contribution in [2.45, 2.75) is 19.8 Å². The molecule has 1 aromatic carbocycles. The highest BCUT2D eigenvalue weighted by Gasteiger charge is 2.10. The van der Waals surface area contributed by atoms with E-state index in [-0.39, 0.29) is 5.91 Å². The van der Waals surface area contributed by atoms with Gasteiger partial charge in [-0.3, -0.25) is 9.89 Å².